The third-order valence-electron chi connectivity index (χ3n) is 3.44. The zero-order valence-corrected chi connectivity index (χ0v) is 10.6. The number of aliphatic hydroxyl groups is 1. The first-order valence-corrected chi connectivity index (χ1v) is 6.75. The number of aliphatic hydroxyl groups excluding tert-OH is 1. The van der Waals surface area contributed by atoms with Crippen molar-refractivity contribution in [3.8, 4) is 5.75 Å². The second kappa shape index (κ2) is 6.06. The fourth-order valence-electron chi connectivity index (χ4n) is 2.46. The summed E-state index contributed by atoms with van der Waals surface area (Å²) < 4.78 is 5.84. The van der Waals surface area contributed by atoms with Crippen LogP contribution in [-0.4, -0.2) is 11.7 Å². The molecule has 0 saturated carbocycles. The molecule has 94 valence electrons. The van der Waals surface area contributed by atoms with Crippen LogP contribution in [0.3, 0.4) is 0 Å². The molecule has 0 spiro atoms. The molecular formula is C15H22O2. The summed E-state index contributed by atoms with van der Waals surface area (Å²) in [6.07, 6.45) is 6.24. The second-order valence-corrected chi connectivity index (χ2v) is 4.79. The van der Waals surface area contributed by atoms with E-state index in [4.69, 9.17) is 4.74 Å². The van der Waals surface area contributed by atoms with Gasteiger partial charge in [0.05, 0.1) is 12.7 Å². The average Bonchev–Trinajstić information content (AvgIpc) is 2.36. The summed E-state index contributed by atoms with van der Waals surface area (Å²) in [5.74, 6) is 0.984. The first-order chi connectivity index (χ1) is 8.33. The van der Waals surface area contributed by atoms with Crippen LogP contribution in [0.2, 0.25) is 0 Å². The minimum Gasteiger partial charge on any atom is -0.493 e. The Morgan fingerprint density at radius 1 is 1.35 bits per heavy atom. The molecule has 1 aromatic carbocycles. The lowest BCUT2D eigenvalue weighted by atomic mass is 9.89. The molecule has 1 atom stereocenters. The molecule has 0 radical (unpaired) electrons. The summed E-state index contributed by atoms with van der Waals surface area (Å²) in [6.45, 7) is 2.99. The van der Waals surface area contributed by atoms with Gasteiger partial charge in [0, 0.05) is 0 Å². The van der Waals surface area contributed by atoms with E-state index in [1.807, 2.05) is 18.2 Å². The van der Waals surface area contributed by atoms with Gasteiger partial charge in [-0.05, 0) is 42.9 Å². The van der Waals surface area contributed by atoms with E-state index in [0.717, 1.165) is 43.6 Å². The second-order valence-electron chi connectivity index (χ2n) is 4.79. The molecule has 0 fully saturated rings. The molecule has 2 nitrogen and oxygen atoms in total. The summed E-state index contributed by atoms with van der Waals surface area (Å²) in [5, 5.41) is 9.94. The SMILES string of the molecule is CCCCCOc1cccc2c1CCCC2O. The van der Waals surface area contributed by atoms with E-state index >= 15 is 0 Å². The van der Waals surface area contributed by atoms with Crippen molar-refractivity contribution in [1.82, 2.24) is 0 Å². The summed E-state index contributed by atoms with van der Waals surface area (Å²) in [6, 6.07) is 6.05. The Hall–Kier alpha value is -1.02. The molecule has 1 aromatic rings. The minimum absolute atomic E-state index is 0.294. The smallest absolute Gasteiger partial charge is 0.122 e. The Morgan fingerprint density at radius 3 is 3.06 bits per heavy atom. The Morgan fingerprint density at radius 2 is 2.24 bits per heavy atom. The maximum absolute atomic E-state index is 9.94. The van der Waals surface area contributed by atoms with Crippen molar-refractivity contribution in [2.75, 3.05) is 6.61 Å². The highest BCUT2D eigenvalue weighted by Gasteiger charge is 2.20. The van der Waals surface area contributed by atoms with Gasteiger partial charge in [-0.25, -0.2) is 0 Å². The van der Waals surface area contributed by atoms with Gasteiger partial charge in [0.1, 0.15) is 5.75 Å². The van der Waals surface area contributed by atoms with Crippen molar-refractivity contribution in [3.63, 3.8) is 0 Å². The molecule has 1 aliphatic carbocycles. The van der Waals surface area contributed by atoms with Crippen LogP contribution in [0.1, 0.15) is 56.3 Å². The van der Waals surface area contributed by atoms with Gasteiger partial charge in [-0.2, -0.15) is 0 Å². The third-order valence-corrected chi connectivity index (χ3v) is 3.44. The van der Waals surface area contributed by atoms with Crippen LogP contribution in [0.25, 0.3) is 0 Å². The number of rotatable bonds is 5. The Balaban J connectivity index is 2.04. The van der Waals surface area contributed by atoms with Crippen molar-refractivity contribution < 1.29 is 9.84 Å². The highest BCUT2D eigenvalue weighted by molar-refractivity contribution is 5.42. The van der Waals surface area contributed by atoms with Crippen LogP contribution in [0.15, 0.2) is 18.2 Å². The fourth-order valence-corrected chi connectivity index (χ4v) is 2.46. The number of hydrogen-bond donors (Lipinski definition) is 1. The lowest BCUT2D eigenvalue weighted by Crippen LogP contribution is -2.11. The summed E-state index contributed by atoms with van der Waals surface area (Å²) in [5.41, 5.74) is 2.30. The molecule has 17 heavy (non-hydrogen) atoms. The first-order valence-electron chi connectivity index (χ1n) is 6.75. The molecule has 1 unspecified atom stereocenters. The Bertz CT molecular complexity index is 360. The summed E-state index contributed by atoms with van der Waals surface area (Å²) in [4.78, 5) is 0. The van der Waals surface area contributed by atoms with Gasteiger partial charge in [-0.1, -0.05) is 31.9 Å². The van der Waals surface area contributed by atoms with Gasteiger partial charge in [0.2, 0.25) is 0 Å². The van der Waals surface area contributed by atoms with Crippen LogP contribution in [-0.2, 0) is 6.42 Å². The van der Waals surface area contributed by atoms with E-state index in [0.29, 0.717) is 0 Å². The predicted octanol–water partition coefficient (Wildman–Crippen LogP) is 3.63. The van der Waals surface area contributed by atoms with Crippen LogP contribution in [0.5, 0.6) is 5.75 Å². The largest absolute Gasteiger partial charge is 0.493 e. The molecule has 1 N–H and O–H groups in total. The average molecular weight is 234 g/mol. The van der Waals surface area contributed by atoms with Gasteiger partial charge in [0.25, 0.3) is 0 Å². The van der Waals surface area contributed by atoms with Gasteiger partial charge >= 0.3 is 0 Å². The van der Waals surface area contributed by atoms with Crippen molar-refractivity contribution >= 4 is 0 Å². The van der Waals surface area contributed by atoms with Crippen molar-refractivity contribution in [1.29, 1.82) is 0 Å². The van der Waals surface area contributed by atoms with Gasteiger partial charge in [-0.15, -0.1) is 0 Å². The number of benzene rings is 1. The molecule has 0 heterocycles. The number of hydrogen-bond acceptors (Lipinski definition) is 2. The molecule has 0 amide bonds. The Kier molecular flexibility index (Phi) is 4.43. The van der Waals surface area contributed by atoms with E-state index in [1.165, 1.54) is 18.4 Å². The molecule has 2 rings (SSSR count). The highest BCUT2D eigenvalue weighted by atomic mass is 16.5. The normalized spacial score (nSPS) is 18.8. The van der Waals surface area contributed by atoms with Crippen LogP contribution < -0.4 is 4.74 Å². The number of unbranched alkanes of at least 4 members (excludes halogenated alkanes) is 2. The van der Waals surface area contributed by atoms with Crippen molar-refractivity contribution in [2.24, 2.45) is 0 Å². The van der Waals surface area contributed by atoms with Crippen molar-refractivity contribution in [3.05, 3.63) is 29.3 Å². The quantitative estimate of drug-likeness (QED) is 0.788. The molecule has 0 saturated heterocycles. The highest BCUT2D eigenvalue weighted by Crippen LogP contribution is 2.35. The number of fused-ring (bicyclic) bond motifs is 1. The molecule has 0 aliphatic heterocycles. The fraction of sp³-hybridized carbons (Fsp3) is 0.600. The van der Waals surface area contributed by atoms with Gasteiger partial charge in [0.15, 0.2) is 0 Å². The minimum atomic E-state index is -0.294. The van der Waals surface area contributed by atoms with Crippen LogP contribution >= 0.6 is 0 Å². The first kappa shape index (κ1) is 12.4. The zero-order valence-electron chi connectivity index (χ0n) is 10.6. The van der Waals surface area contributed by atoms with Gasteiger partial charge < -0.3 is 9.84 Å². The van der Waals surface area contributed by atoms with E-state index < -0.39 is 0 Å². The summed E-state index contributed by atoms with van der Waals surface area (Å²) in [7, 11) is 0. The van der Waals surface area contributed by atoms with E-state index in [-0.39, 0.29) is 6.10 Å². The van der Waals surface area contributed by atoms with Crippen LogP contribution in [0.4, 0.5) is 0 Å². The molecule has 2 heteroatoms. The molecule has 0 aromatic heterocycles. The maximum atomic E-state index is 9.94. The predicted molar refractivity (Wildman–Crippen MR) is 69.4 cm³/mol. The monoisotopic (exact) mass is 234 g/mol. The lowest BCUT2D eigenvalue weighted by molar-refractivity contribution is 0.155. The lowest BCUT2D eigenvalue weighted by Gasteiger charge is -2.23. The van der Waals surface area contributed by atoms with E-state index in [9.17, 15) is 5.11 Å². The van der Waals surface area contributed by atoms with E-state index in [1.54, 1.807) is 0 Å². The van der Waals surface area contributed by atoms with Gasteiger partial charge in [-0.3, -0.25) is 0 Å². The van der Waals surface area contributed by atoms with Crippen LogP contribution in [0, 0.1) is 0 Å². The molecular weight excluding hydrogens is 212 g/mol. The number of ether oxygens (including phenoxy) is 1. The summed E-state index contributed by atoms with van der Waals surface area (Å²) >= 11 is 0. The molecule has 1 aliphatic rings. The Labute approximate surface area is 104 Å². The van der Waals surface area contributed by atoms with E-state index in [2.05, 4.69) is 6.92 Å². The van der Waals surface area contributed by atoms with Crippen molar-refractivity contribution in [2.45, 2.75) is 51.6 Å². The third kappa shape index (κ3) is 3.01. The maximum Gasteiger partial charge on any atom is 0.122 e. The molecule has 0 bridgehead atoms. The standard InChI is InChI=1S/C15H22O2/c1-2-3-4-11-17-15-10-6-7-12-13(15)8-5-9-14(12)16/h6-7,10,14,16H,2-5,8-9,11H2,1H3. The zero-order chi connectivity index (χ0) is 12.1. The topological polar surface area (TPSA) is 29.5 Å².